The van der Waals surface area contributed by atoms with Crippen LogP contribution in [0.4, 0.5) is 0 Å². The van der Waals surface area contributed by atoms with E-state index >= 15 is 0 Å². The molecule has 1 aromatic carbocycles. The molecule has 1 amide bonds. The van der Waals surface area contributed by atoms with Crippen LogP contribution < -0.4 is 5.56 Å². The molecule has 0 spiro atoms. The van der Waals surface area contributed by atoms with E-state index in [2.05, 4.69) is 5.10 Å². The summed E-state index contributed by atoms with van der Waals surface area (Å²) in [5.74, 6) is -0.00402. The Kier molecular flexibility index (Phi) is 5.45. The monoisotopic (exact) mass is 408 g/mol. The molecule has 0 radical (unpaired) electrons. The summed E-state index contributed by atoms with van der Waals surface area (Å²) in [4.78, 5) is 31.1. The van der Waals surface area contributed by atoms with Gasteiger partial charge in [0.2, 0.25) is 0 Å². The van der Waals surface area contributed by atoms with Gasteiger partial charge < -0.3 is 4.90 Å². The maximum Gasteiger partial charge on any atom is 0.274 e. The van der Waals surface area contributed by atoms with Crippen LogP contribution in [0.5, 0.6) is 0 Å². The lowest BCUT2D eigenvalue weighted by Crippen LogP contribution is -2.40. The number of amides is 1. The minimum absolute atomic E-state index is 0.152. The Morgan fingerprint density at radius 1 is 1.14 bits per heavy atom. The Morgan fingerprint density at radius 3 is 2.76 bits per heavy atom. The predicted molar refractivity (Wildman–Crippen MR) is 112 cm³/mol. The predicted octanol–water partition coefficient (Wildman–Crippen LogP) is 3.52. The first-order valence-corrected chi connectivity index (χ1v) is 9.95. The van der Waals surface area contributed by atoms with E-state index in [1.807, 2.05) is 42.5 Å². The van der Waals surface area contributed by atoms with Crippen molar-refractivity contribution in [2.24, 2.45) is 7.05 Å². The highest BCUT2D eigenvalue weighted by molar-refractivity contribution is 6.30. The van der Waals surface area contributed by atoms with E-state index in [0.29, 0.717) is 18.1 Å². The molecule has 1 atom stereocenters. The summed E-state index contributed by atoms with van der Waals surface area (Å²) in [6.45, 7) is 1.25. The lowest BCUT2D eigenvalue weighted by Gasteiger charge is -2.32. The molecule has 3 aromatic rings. The number of piperidine rings is 1. The molecule has 148 valence electrons. The van der Waals surface area contributed by atoms with Crippen molar-refractivity contribution in [2.75, 3.05) is 13.1 Å². The van der Waals surface area contributed by atoms with Gasteiger partial charge in [-0.05, 0) is 43.2 Å². The van der Waals surface area contributed by atoms with Gasteiger partial charge in [-0.3, -0.25) is 14.6 Å². The summed E-state index contributed by atoms with van der Waals surface area (Å²) in [7, 11) is 1.55. The number of hydrogen-bond donors (Lipinski definition) is 0. The van der Waals surface area contributed by atoms with Crippen molar-refractivity contribution in [3.8, 4) is 11.3 Å². The number of hydrogen-bond acceptors (Lipinski definition) is 4. The molecule has 1 saturated heterocycles. The molecule has 0 aliphatic carbocycles. The second kappa shape index (κ2) is 8.17. The van der Waals surface area contributed by atoms with Crippen molar-refractivity contribution in [3.63, 3.8) is 0 Å². The smallest absolute Gasteiger partial charge is 0.274 e. The molecule has 29 heavy (non-hydrogen) atoms. The summed E-state index contributed by atoms with van der Waals surface area (Å²) in [5.41, 5.74) is 2.85. The molecular formula is C22H21ClN4O2. The third kappa shape index (κ3) is 4.22. The Balaban J connectivity index is 1.55. The highest BCUT2D eigenvalue weighted by Crippen LogP contribution is 2.29. The number of benzene rings is 1. The number of likely N-dealkylation sites (tertiary alicyclic amines) is 1. The first-order chi connectivity index (χ1) is 14.0. The number of nitrogens with zero attached hydrogens (tertiary/aromatic N) is 4. The zero-order valence-electron chi connectivity index (χ0n) is 16.1. The van der Waals surface area contributed by atoms with Crippen LogP contribution >= 0.6 is 11.6 Å². The normalized spacial score (nSPS) is 16.6. The molecular weight excluding hydrogens is 388 g/mol. The van der Waals surface area contributed by atoms with Crippen LogP contribution in [-0.4, -0.2) is 38.7 Å². The number of aryl methyl sites for hydroxylation is 1. The van der Waals surface area contributed by atoms with E-state index in [4.69, 9.17) is 16.6 Å². The zero-order valence-corrected chi connectivity index (χ0v) is 16.8. The van der Waals surface area contributed by atoms with E-state index < -0.39 is 0 Å². The maximum atomic E-state index is 12.9. The molecule has 1 aliphatic rings. The number of halogens is 1. The topological polar surface area (TPSA) is 68.1 Å². The third-order valence-corrected chi connectivity index (χ3v) is 5.43. The van der Waals surface area contributed by atoms with E-state index in [-0.39, 0.29) is 23.1 Å². The lowest BCUT2D eigenvalue weighted by atomic mass is 9.93. The number of pyridine rings is 1. The number of aromatic nitrogens is 3. The first-order valence-electron chi connectivity index (χ1n) is 9.58. The average molecular weight is 409 g/mol. The molecule has 1 fully saturated rings. The molecule has 1 aliphatic heterocycles. The van der Waals surface area contributed by atoms with Gasteiger partial charge in [-0.25, -0.2) is 4.68 Å². The third-order valence-electron chi connectivity index (χ3n) is 5.20. The Labute approximate surface area is 173 Å². The number of rotatable bonds is 3. The molecule has 7 heteroatoms. The van der Waals surface area contributed by atoms with Gasteiger partial charge in [0.25, 0.3) is 11.5 Å². The number of carbonyl (C=O) groups excluding carboxylic acids is 1. The van der Waals surface area contributed by atoms with Crippen LogP contribution in [0, 0.1) is 0 Å². The molecule has 4 rings (SSSR count). The van der Waals surface area contributed by atoms with Crippen LogP contribution in [0.15, 0.2) is 59.4 Å². The fourth-order valence-corrected chi connectivity index (χ4v) is 3.86. The van der Waals surface area contributed by atoms with Crippen molar-refractivity contribution in [1.29, 1.82) is 0 Å². The van der Waals surface area contributed by atoms with E-state index in [0.717, 1.165) is 29.8 Å². The molecule has 0 unspecified atom stereocenters. The number of carbonyl (C=O) groups is 1. The van der Waals surface area contributed by atoms with Crippen LogP contribution in [0.2, 0.25) is 5.02 Å². The van der Waals surface area contributed by atoms with Gasteiger partial charge in [-0.15, -0.1) is 0 Å². The largest absolute Gasteiger partial charge is 0.337 e. The van der Waals surface area contributed by atoms with Gasteiger partial charge in [0.1, 0.15) is 5.69 Å². The van der Waals surface area contributed by atoms with E-state index in [1.165, 1.54) is 16.8 Å². The molecule has 3 heterocycles. The summed E-state index contributed by atoms with van der Waals surface area (Å²) < 4.78 is 1.19. The van der Waals surface area contributed by atoms with Crippen LogP contribution in [-0.2, 0) is 7.05 Å². The molecule has 0 bridgehead atoms. The van der Waals surface area contributed by atoms with Gasteiger partial charge in [-0.1, -0.05) is 29.8 Å². The standard InChI is InChI=1S/C22H21ClN4O2/c1-26-21(28)11-10-20(25-26)22(29)27-12-4-6-16(14-27)19-9-3-8-18(24-19)15-5-2-7-17(23)13-15/h2-3,5,7-11,13,16H,4,6,12,14H2,1H3/t16-/m1/s1. The van der Waals surface area contributed by atoms with Gasteiger partial charge in [-0.2, -0.15) is 5.10 Å². The molecule has 6 nitrogen and oxygen atoms in total. The second-order valence-corrected chi connectivity index (χ2v) is 7.67. The SMILES string of the molecule is Cn1nc(C(=O)N2CCC[C@@H](c3cccc(-c4cccc(Cl)c4)n3)C2)ccc1=O. The Hall–Kier alpha value is -2.99. The Bertz CT molecular complexity index is 1110. The minimum atomic E-state index is -0.236. The van der Waals surface area contributed by atoms with Crippen LogP contribution in [0.3, 0.4) is 0 Å². The maximum absolute atomic E-state index is 12.9. The van der Waals surface area contributed by atoms with Crippen molar-refractivity contribution < 1.29 is 4.79 Å². The first kappa shape index (κ1) is 19.3. The molecule has 0 saturated carbocycles. The van der Waals surface area contributed by atoms with E-state index in [9.17, 15) is 9.59 Å². The van der Waals surface area contributed by atoms with Gasteiger partial charge in [0.05, 0.1) is 5.69 Å². The highest BCUT2D eigenvalue weighted by atomic mass is 35.5. The summed E-state index contributed by atoms with van der Waals surface area (Å²) in [6, 6.07) is 16.5. The highest BCUT2D eigenvalue weighted by Gasteiger charge is 2.27. The van der Waals surface area contributed by atoms with Crippen LogP contribution in [0.1, 0.15) is 34.9 Å². The van der Waals surface area contributed by atoms with Gasteiger partial charge >= 0.3 is 0 Å². The quantitative estimate of drug-likeness (QED) is 0.665. The summed E-state index contributed by atoms with van der Waals surface area (Å²) in [6.07, 6.45) is 1.86. The fraction of sp³-hybridized carbons (Fsp3) is 0.273. The van der Waals surface area contributed by atoms with E-state index in [1.54, 1.807) is 11.9 Å². The molecule has 0 N–H and O–H groups in total. The summed E-state index contributed by atoms with van der Waals surface area (Å²) in [5, 5.41) is 4.77. The summed E-state index contributed by atoms with van der Waals surface area (Å²) >= 11 is 6.12. The lowest BCUT2D eigenvalue weighted by molar-refractivity contribution is 0.0697. The zero-order chi connectivity index (χ0) is 20.4. The van der Waals surface area contributed by atoms with Crippen molar-refractivity contribution in [3.05, 3.63) is 81.4 Å². The van der Waals surface area contributed by atoms with Crippen LogP contribution in [0.25, 0.3) is 11.3 Å². The second-order valence-electron chi connectivity index (χ2n) is 7.23. The fourth-order valence-electron chi connectivity index (χ4n) is 3.67. The van der Waals surface area contributed by atoms with Crippen molar-refractivity contribution >= 4 is 17.5 Å². The van der Waals surface area contributed by atoms with Crippen molar-refractivity contribution in [2.45, 2.75) is 18.8 Å². The Morgan fingerprint density at radius 2 is 1.97 bits per heavy atom. The molecule has 2 aromatic heterocycles. The average Bonchev–Trinajstić information content (AvgIpc) is 2.75. The minimum Gasteiger partial charge on any atom is -0.337 e. The van der Waals surface area contributed by atoms with Gasteiger partial charge in [0, 0.05) is 48.4 Å². The van der Waals surface area contributed by atoms with Gasteiger partial charge in [0.15, 0.2) is 0 Å². The van der Waals surface area contributed by atoms with Crippen molar-refractivity contribution in [1.82, 2.24) is 19.7 Å².